The first-order chi connectivity index (χ1) is 9.54. The molecule has 20 heavy (non-hydrogen) atoms. The maximum Gasteiger partial charge on any atom is 0.0661 e. The van der Waals surface area contributed by atoms with Crippen molar-refractivity contribution in [3.63, 3.8) is 0 Å². The van der Waals surface area contributed by atoms with E-state index in [2.05, 4.69) is 26.2 Å². The van der Waals surface area contributed by atoms with E-state index in [0.717, 1.165) is 13.0 Å². The van der Waals surface area contributed by atoms with E-state index < -0.39 is 0 Å². The molecule has 0 aliphatic heterocycles. The SMILES string of the molecule is CNC1CC(OCCC(C)(C)OC)C12CCCCCC2. The minimum absolute atomic E-state index is 0.0667. The van der Waals surface area contributed by atoms with Crippen LogP contribution in [0.5, 0.6) is 0 Å². The van der Waals surface area contributed by atoms with Crippen LogP contribution in [-0.2, 0) is 9.47 Å². The summed E-state index contributed by atoms with van der Waals surface area (Å²) in [6, 6.07) is 0.668. The maximum atomic E-state index is 6.28. The molecule has 2 fully saturated rings. The number of rotatable bonds is 6. The Kier molecular flexibility index (Phi) is 5.49. The summed E-state index contributed by atoms with van der Waals surface area (Å²) in [5.74, 6) is 0. The van der Waals surface area contributed by atoms with Crippen LogP contribution >= 0.6 is 0 Å². The second-order valence-corrected chi connectivity index (χ2v) is 7.30. The summed E-state index contributed by atoms with van der Waals surface area (Å²) >= 11 is 0. The van der Waals surface area contributed by atoms with E-state index in [1.165, 1.54) is 44.9 Å². The highest BCUT2D eigenvalue weighted by Gasteiger charge is 2.54. The van der Waals surface area contributed by atoms with Gasteiger partial charge in [0.15, 0.2) is 0 Å². The lowest BCUT2D eigenvalue weighted by atomic mass is 9.58. The van der Waals surface area contributed by atoms with Gasteiger partial charge in [0, 0.05) is 25.2 Å². The molecule has 1 spiro atoms. The fourth-order valence-corrected chi connectivity index (χ4v) is 3.99. The lowest BCUT2D eigenvalue weighted by Gasteiger charge is -2.56. The van der Waals surface area contributed by atoms with Crippen molar-refractivity contribution in [1.82, 2.24) is 5.32 Å². The molecular formula is C17H33NO2. The number of hydrogen-bond donors (Lipinski definition) is 1. The minimum Gasteiger partial charge on any atom is -0.379 e. The molecule has 1 N–H and O–H groups in total. The number of nitrogens with one attached hydrogen (secondary N) is 1. The quantitative estimate of drug-likeness (QED) is 0.809. The largest absolute Gasteiger partial charge is 0.379 e. The minimum atomic E-state index is -0.0667. The van der Waals surface area contributed by atoms with E-state index in [9.17, 15) is 0 Å². The van der Waals surface area contributed by atoms with Gasteiger partial charge >= 0.3 is 0 Å². The molecule has 0 aromatic heterocycles. The topological polar surface area (TPSA) is 30.5 Å². The Morgan fingerprint density at radius 2 is 1.80 bits per heavy atom. The molecule has 0 aromatic carbocycles. The fourth-order valence-electron chi connectivity index (χ4n) is 3.99. The predicted molar refractivity (Wildman–Crippen MR) is 83.0 cm³/mol. The summed E-state index contributed by atoms with van der Waals surface area (Å²) in [7, 11) is 3.90. The van der Waals surface area contributed by atoms with E-state index in [1.807, 2.05) is 0 Å². The first-order valence-electron chi connectivity index (χ1n) is 8.38. The fraction of sp³-hybridized carbons (Fsp3) is 1.00. The van der Waals surface area contributed by atoms with E-state index in [-0.39, 0.29) is 5.60 Å². The van der Waals surface area contributed by atoms with Crippen molar-refractivity contribution in [1.29, 1.82) is 0 Å². The maximum absolute atomic E-state index is 6.28. The third-order valence-electron chi connectivity index (χ3n) is 5.74. The van der Waals surface area contributed by atoms with Crippen LogP contribution in [0, 0.1) is 5.41 Å². The summed E-state index contributed by atoms with van der Waals surface area (Å²) in [5, 5.41) is 3.53. The third kappa shape index (κ3) is 3.37. The number of hydrogen-bond acceptors (Lipinski definition) is 3. The Bertz CT molecular complexity index is 295. The van der Waals surface area contributed by atoms with Crippen LogP contribution in [0.4, 0.5) is 0 Å². The highest BCUT2D eigenvalue weighted by molar-refractivity contribution is 5.08. The molecule has 3 heteroatoms. The predicted octanol–water partition coefficient (Wildman–Crippen LogP) is 3.52. The average molecular weight is 283 g/mol. The van der Waals surface area contributed by atoms with Crippen LogP contribution in [0.15, 0.2) is 0 Å². The van der Waals surface area contributed by atoms with Crippen LogP contribution in [0.1, 0.15) is 65.2 Å². The van der Waals surface area contributed by atoms with Crippen molar-refractivity contribution in [2.45, 2.75) is 83.0 Å². The molecule has 0 saturated heterocycles. The summed E-state index contributed by atoms with van der Waals surface area (Å²) in [6.07, 6.45) is 10.9. The molecule has 2 unspecified atom stereocenters. The van der Waals surface area contributed by atoms with Gasteiger partial charge in [0.1, 0.15) is 0 Å². The van der Waals surface area contributed by atoms with E-state index in [1.54, 1.807) is 7.11 Å². The molecule has 0 heterocycles. The zero-order chi connectivity index (χ0) is 14.6. The van der Waals surface area contributed by atoms with Gasteiger partial charge in [0.05, 0.1) is 11.7 Å². The molecule has 118 valence electrons. The summed E-state index contributed by atoms with van der Waals surface area (Å²) in [6.45, 7) is 5.09. The lowest BCUT2D eigenvalue weighted by molar-refractivity contribution is -0.150. The Labute approximate surface area is 124 Å². The molecule has 2 rings (SSSR count). The van der Waals surface area contributed by atoms with Crippen LogP contribution < -0.4 is 5.32 Å². The first kappa shape index (κ1) is 16.3. The van der Waals surface area contributed by atoms with Crippen molar-refractivity contribution in [2.75, 3.05) is 20.8 Å². The second kappa shape index (κ2) is 6.76. The molecule has 0 aromatic rings. The summed E-state index contributed by atoms with van der Waals surface area (Å²) in [4.78, 5) is 0. The van der Waals surface area contributed by atoms with Crippen molar-refractivity contribution < 1.29 is 9.47 Å². The summed E-state index contributed by atoms with van der Waals surface area (Å²) in [5.41, 5.74) is 0.352. The molecule has 2 aliphatic rings. The molecule has 2 saturated carbocycles. The van der Waals surface area contributed by atoms with Gasteiger partial charge < -0.3 is 14.8 Å². The van der Waals surface area contributed by atoms with Crippen molar-refractivity contribution in [2.24, 2.45) is 5.41 Å². The molecule has 3 nitrogen and oxygen atoms in total. The molecule has 2 atom stereocenters. The summed E-state index contributed by atoms with van der Waals surface area (Å²) < 4.78 is 11.8. The number of methoxy groups -OCH3 is 1. The molecular weight excluding hydrogens is 250 g/mol. The Balaban J connectivity index is 1.88. The van der Waals surface area contributed by atoms with Crippen molar-refractivity contribution in [3.8, 4) is 0 Å². The van der Waals surface area contributed by atoms with Gasteiger partial charge in [-0.25, -0.2) is 0 Å². The average Bonchev–Trinajstić information content (AvgIpc) is 2.69. The highest BCUT2D eigenvalue weighted by atomic mass is 16.5. The Morgan fingerprint density at radius 1 is 1.15 bits per heavy atom. The van der Waals surface area contributed by atoms with E-state index >= 15 is 0 Å². The second-order valence-electron chi connectivity index (χ2n) is 7.30. The molecule has 0 bridgehead atoms. The van der Waals surface area contributed by atoms with Crippen molar-refractivity contribution >= 4 is 0 Å². The van der Waals surface area contributed by atoms with Crippen LogP contribution in [-0.4, -0.2) is 38.5 Å². The standard InChI is InChI=1S/C17H33NO2/c1-16(2,19-4)11-12-20-15-13-14(18-3)17(15)9-7-5-6-8-10-17/h14-15,18H,5-13H2,1-4H3. The van der Waals surface area contributed by atoms with E-state index in [4.69, 9.17) is 9.47 Å². The highest BCUT2D eigenvalue weighted by Crippen LogP contribution is 2.52. The van der Waals surface area contributed by atoms with Gasteiger partial charge in [0.25, 0.3) is 0 Å². The smallest absolute Gasteiger partial charge is 0.0661 e. The first-order valence-corrected chi connectivity index (χ1v) is 8.38. The van der Waals surface area contributed by atoms with Gasteiger partial charge in [-0.1, -0.05) is 25.7 Å². The van der Waals surface area contributed by atoms with Crippen molar-refractivity contribution in [3.05, 3.63) is 0 Å². The van der Waals surface area contributed by atoms with Gasteiger partial charge in [-0.05, 0) is 46.6 Å². The van der Waals surface area contributed by atoms with E-state index in [0.29, 0.717) is 17.6 Å². The Hall–Kier alpha value is -0.120. The molecule has 0 radical (unpaired) electrons. The van der Waals surface area contributed by atoms with Gasteiger partial charge in [-0.15, -0.1) is 0 Å². The Morgan fingerprint density at radius 3 is 2.35 bits per heavy atom. The molecule has 0 amide bonds. The van der Waals surface area contributed by atoms with Gasteiger partial charge in [-0.2, -0.15) is 0 Å². The van der Waals surface area contributed by atoms with Gasteiger partial charge in [0.2, 0.25) is 0 Å². The zero-order valence-corrected chi connectivity index (χ0v) is 13.8. The third-order valence-corrected chi connectivity index (χ3v) is 5.74. The van der Waals surface area contributed by atoms with Crippen LogP contribution in [0.3, 0.4) is 0 Å². The molecule has 2 aliphatic carbocycles. The zero-order valence-electron chi connectivity index (χ0n) is 13.8. The monoisotopic (exact) mass is 283 g/mol. The number of ether oxygens (including phenoxy) is 2. The van der Waals surface area contributed by atoms with Crippen LogP contribution in [0.2, 0.25) is 0 Å². The lowest BCUT2D eigenvalue weighted by Crippen LogP contribution is -2.63. The van der Waals surface area contributed by atoms with Crippen LogP contribution in [0.25, 0.3) is 0 Å². The normalized spacial score (nSPS) is 30.0. The van der Waals surface area contributed by atoms with Gasteiger partial charge in [-0.3, -0.25) is 0 Å².